The van der Waals surface area contributed by atoms with Gasteiger partial charge in [-0.25, -0.2) is 0 Å². The molecule has 0 aromatic heterocycles. The van der Waals surface area contributed by atoms with Crippen molar-refractivity contribution < 1.29 is 9.53 Å². The van der Waals surface area contributed by atoms with Gasteiger partial charge in [0.05, 0.1) is 17.6 Å². The number of rotatable bonds is 1. The minimum absolute atomic E-state index is 0.109. The van der Waals surface area contributed by atoms with E-state index in [1.807, 2.05) is 0 Å². The fourth-order valence-electron chi connectivity index (χ4n) is 3.67. The van der Waals surface area contributed by atoms with Crippen molar-refractivity contribution in [1.29, 1.82) is 0 Å². The molecule has 98 valence electrons. The summed E-state index contributed by atoms with van der Waals surface area (Å²) < 4.78 is 6.32. The third-order valence-electron chi connectivity index (χ3n) is 4.98. The molecule has 2 rings (SSSR count). The second-order valence-corrected chi connectivity index (χ2v) is 7.14. The van der Waals surface area contributed by atoms with Gasteiger partial charge in [0, 0.05) is 6.42 Å². The van der Waals surface area contributed by atoms with Crippen LogP contribution in [0.5, 0.6) is 0 Å². The quantitative estimate of drug-likeness (QED) is 0.698. The fourth-order valence-corrected chi connectivity index (χ4v) is 3.67. The minimum atomic E-state index is -0.305. The minimum Gasteiger partial charge on any atom is -0.373 e. The molecule has 0 spiro atoms. The molecular formula is C15H26O2. The lowest BCUT2D eigenvalue weighted by Crippen LogP contribution is -2.57. The van der Waals surface area contributed by atoms with Crippen LogP contribution in [0.3, 0.4) is 0 Å². The predicted molar refractivity (Wildman–Crippen MR) is 68.9 cm³/mol. The average molecular weight is 238 g/mol. The third-order valence-corrected chi connectivity index (χ3v) is 4.98. The maximum absolute atomic E-state index is 12.1. The van der Waals surface area contributed by atoms with E-state index in [0.29, 0.717) is 17.8 Å². The highest BCUT2D eigenvalue weighted by molar-refractivity contribution is 5.85. The Morgan fingerprint density at radius 1 is 1.24 bits per heavy atom. The van der Waals surface area contributed by atoms with Crippen molar-refractivity contribution in [2.24, 2.45) is 16.7 Å². The Kier molecular flexibility index (Phi) is 3.14. The van der Waals surface area contributed by atoms with Crippen LogP contribution in [0.4, 0.5) is 0 Å². The Hall–Kier alpha value is -0.370. The Bertz CT molecular complexity index is 319. The Morgan fingerprint density at radius 3 is 2.47 bits per heavy atom. The fraction of sp³-hybridized carbons (Fsp3) is 0.933. The molecule has 2 heteroatoms. The van der Waals surface area contributed by atoms with Crippen LogP contribution in [0.1, 0.15) is 60.3 Å². The van der Waals surface area contributed by atoms with Crippen molar-refractivity contribution in [1.82, 2.24) is 0 Å². The van der Waals surface area contributed by atoms with Crippen molar-refractivity contribution in [3.8, 4) is 0 Å². The second-order valence-electron chi connectivity index (χ2n) is 7.14. The summed E-state index contributed by atoms with van der Waals surface area (Å²) in [5.74, 6) is 0.928. The van der Waals surface area contributed by atoms with Gasteiger partial charge in [-0.2, -0.15) is 0 Å². The molecule has 0 unspecified atom stereocenters. The molecule has 0 aromatic carbocycles. The molecule has 1 saturated heterocycles. The predicted octanol–water partition coefficient (Wildman–Crippen LogP) is 3.59. The number of carbonyl (C=O) groups excluding carboxylic acids is 1. The molecule has 1 aliphatic heterocycles. The van der Waals surface area contributed by atoms with Crippen LogP contribution in [0.25, 0.3) is 0 Å². The van der Waals surface area contributed by atoms with Crippen molar-refractivity contribution in [2.75, 3.05) is 0 Å². The first kappa shape index (κ1) is 13.1. The van der Waals surface area contributed by atoms with E-state index in [0.717, 1.165) is 19.3 Å². The summed E-state index contributed by atoms with van der Waals surface area (Å²) in [4.78, 5) is 12.1. The molecule has 17 heavy (non-hydrogen) atoms. The molecule has 0 N–H and O–H groups in total. The average Bonchev–Trinajstić information content (AvgIpc) is 2.24. The molecule has 3 atom stereocenters. The molecule has 2 aliphatic rings. The summed E-state index contributed by atoms with van der Waals surface area (Å²) in [5, 5.41) is 0. The third kappa shape index (κ3) is 2.05. The van der Waals surface area contributed by atoms with Crippen LogP contribution in [-0.4, -0.2) is 18.0 Å². The van der Waals surface area contributed by atoms with Gasteiger partial charge in [-0.15, -0.1) is 0 Å². The molecule has 2 fully saturated rings. The zero-order valence-corrected chi connectivity index (χ0v) is 11.9. The number of carbonyl (C=O) groups is 1. The topological polar surface area (TPSA) is 26.3 Å². The number of ether oxygens (including phenoxy) is 1. The van der Waals surface area contributed by atoms with Gasteiger partial charge in [-0.05, 0) is 30.6 Å². The van der Waals surface area contributed by atoms with Gasteiger partial charge < -0.3 is 4.74 Å². The van der Waals surface area contributed by atoms with Crippen LogP contribution in [0.2, 0.25) is 0 Å². The number of Topliss-reactive ketones (excluding diaryl/α,β-unsaturated/α-hetero) is 1. The lowest BCUT2D eigenvalue weighted by molar-refractivity contribution is -0.200. The lowest BCUT2D eigenvalue weighted by Gasteiger charge is -2.54. The Morgan fingerprint density at radius 2 is 1.88 bits per heavy atom. The summed E-state index contributed by atoms with van der Waals surface area (Å²) in [5.41, 5.74) is -0.0939. The molecule has 0 aromatic rings. The van der Waals surface area contributed by atoms with Crippen LogP contribution < -0.4 is 0 Å². The summed E-state index contributed by atoms with van der Waals surface area (Å²) in [6, 6.07) is 0. The lowest BCUT2D eigenvalue weighted by atomic mass is 9.58. The van der Waals surface area contributed by atoms with Crippen LogP contribution in [0, 0.1) is 16.7 Å². The Labute approximate surface area is 105 Å². The van der Waals surface area contributed by atoms with Crippen molar-refractivity contribution in [2.45, 2.75) is 72.5 Å². The molecule has 1 saturated carbocycles. The number of fused-ring (bicyclic) bond motifs is 1. The number of ketones is 1. The van der Waals surface area contributed by atoms with Crippen molar-refractivity contribution in [3.05, 3.63) is 0 Å². The monoisotopic (exact) mass is 238 g/mol. The highest BCUT2D eigenvalue weighted by atomic mass is 16.5. The zero-order valence-electron chi connectivity index (χ0n) is 11.9. The SMILES string of the molecule is CC(C)[C@H]1CC[C@@]2(C)CCC(=O)C(C)(C)[C@@H]2O1. The van der Waals surface area contributed by atoms with Gasteiger partial charge in [-0.3, -0.25) is 4.79 Å². The molecule has 0 bridgehead atoms. The summed E-state index contributed by atoms with van der Waals surface area (Å²) in [6.45, 7) is 10.9. The normalized spacial score (nSPS) is 41.4. The first-order valence-electron chi connectivity index (χ1n) is 6.96. The van der Waals surface area contributed by atoms with Gasteiger partial charge in [0.25, 0.3) is 0 Å². The van der Waals surface area contributed by atoms with Crippen LogP contribution in [0.15, 0.2) is 0 Å². The molecule has 1 heterocycles. The maximum Gasteiger partial charge on any atom is 0.141 e. The summed E-state index contributed by atoms with van der Waals surface area (Å²) in [6.07, 6.45) is 4.53. The van der Waals surface area contributed by atoms with Crippen LogP contribution in [-0.2, 0) is 9.53 Å². The Balaban J connectivity index is 2.25. The number of hydrogen-bond acceptors (Lipinski definition) is 2. The molecule has 1 aliphatic carbocycles. The van der Waals surface area contributed by atoms with E-state index < -0.39 is 0 Å². The number of hydrogen-bond donors (Lipinski definition) is 0. The maximum atomic E-state index is 12.1. The van der Waals surface area contributed by atoms with Gasteiger partial charge >= 0.3 is 0 Å². The van der Waals surface area contributed by atoms with E-state index in [9.17, 15) is 4.79 Å². The molecule has 2 nitrogen and oxygen atoms in total. The van der Waals surface area contributed by atoms with E-state index in [1.165, 1.54) is 6.42 Å². The standard InChI is InChI=1S/C15H26O2/c1-10(2)11-6-8-15(5)9-7-12(16)14(3,4)13(15)17-11/h10-11,13H,6-9H2,1-5H3/t11-,13+,15+/m1/s1. The van der Waals surface area contributed by atoms with E-state index in [1.54, 1.807) is 0 Å². The van der Waals surface area contributed by atoms with Crippen molar-refractivity contribution in [3.63, 3.8) is 0 Å². The first-order valence-corrected chi connectivity index (χ1v) is 6.96. The van der Waals surface area contributed by atoms with Gasteiger partial charge in [0.15, 0.2) is 0 Å². The van der Waals surface area contributed by atoms with E-state index in [-0.39, 0.29) is 16.9 Å². The smallest absolute Gasteiger partial charge is 0.141 e. The van der Waals surface area contributed by atoms with E-state index in [4.69, 9.17) is 4.74 Å². The first-order chi connectivity index (χ1) is 7.77. The van der Waals surface area contributed by atoms with E-state index >= 15 is 0 Å². The zero-order chi connectivity index (χ0) is 12.8. The van der Waals surface area contributed by atoms with Crippen molar-refractivity contribution >= 4 is 5.78 Å². The van der Waals surface area contributed by atoms with Gasteiger partial charge in [0.1, 0.15) is 5.78 Å². The molecule has 0 amide bonds. The summed E-state index contributed by atoms with van der Waals surface area (Å²) >= 11 is 0. The second kappa shape index (κ2) is 4.08. The molecular weight excluding hydrogens is 212 g/mol. The van der Waals surface area contributed by atoms with Gasteiger partial charge in [-0.1, -0.05) is 34.6 Å². The van der Waals surface area contributed by atoms with E-state index in [2.05, 4.69) is 34.6 Å². The highest BCUT2D eigenvalue weighted by Crippen LogP contribution is 2.52. The highest BCUT2D eigenvalue weighted by Gasteiger charge is 2.54. The molecule has 0 radical (unpaired) electrons. The largest absolute Gasteiger partial charge is 0.373 e. The van der Waals surface area contributed by atoms with Crippen LogP contribution >= 0.6 is 0 Å². The van der Waals surface area contributed by atoms with Gasteiger partial charge in [0.2, 0.25) is 0 Å². The summed E-state index contributed by atoms with van der Waals surface area (Å²) in [7, 11) is 0.